The molecule has 1 aromatic rings. The molecule has 1 unspecified atom stereocenters. The van der Waals surface area contributed by atoms with E-state index in [0.717, 1.165) is 5.56 Å². The molecule has 0 heterocycles. The van der Waals surface area contributed by atoms with E-state index in [2.05, 4.69) is 16.0 Å². The van der Waals surface area contributed by atoms with Crippen molar-refractivity contribution in [3.8, 4) is 0 Å². The molecule has 0 spiro atoms. The molecular formula is C15H22ClN3O2. The molecular weight excluding hydrogens is 290 g/mol. The number of carbonyl (C=O) groups is 2. The van der Waals surface area contributed by atoms with Crippen LogP contribution in [0.3, 0.4) is 0 Å². The van der Waals surface area contributed by atoms with E-state index in [4.69, 9.17) is 11.6 Å². The molecule has 0 bridgehead atoms. The lowest BCUT2D eigenvalue weighted by Crippen LogP contribution is -2.41. The zero-order chi connectivity index (χ0) is 15.8. The van der Waals surface area contributed by atoms with Crippen molar-refractivity contribution in [1.82, 2.24) is 16.0 Å². The first kappa shape index (κ1) is 17.3. The molecule has 1 aromatic carbocycles. The molecule has 0 fully saturated rings. The number of hydrogen-bond acceptors (Lipinski definition) is 2. The van der Waals surface area contributed by atoms with Crippen LogP contribution in [0.1, 0.15) is 32.4 Å². The molecule has 0 aliphatic carbocycles. The highest BCUT2D eigenvalue weighted by atomic mass is 35.5. The van der Waals surface area contributed by atoms with Crippen LogP contribution in [-0.2, 0) is 4.79 Å². The van der Waals surface area contributed by atoms with Gasteiger partial charge in [-0.25, -0.2) is 4.79 Å². The van der Waals surface area contributed by atoms with Gasteiger partial charge >= 0.3 is 6.03 Å². The van der Waals surface area contributed by atoms with Crippen molar-refractivity contribution in [1.29, 1.82) is 0 Å². The molecule has 1 atom stereocenters. The predicted octanol–water partition coefficient (Wildman–Crippen LogP) is 2.47. The Morgan fingerprint density at radius 2 is 1.71 bits per heavy atom. The van der Waals surface area contributed by atoms with Crippen LogP contribution in [0.4, 0.5) is 4.79 Å². The van der Waals surface area contributed by atoms with Crippen molar-refractivity contribution in [2.45, 2.75) is 26.8 Å². The van der Waals surface area contributed by atoms with E-state index in [0.29, 0.717) is 18.1 Å². The molecule has 6 heteroatoms. The molecule has 21 heavy (non-hydrogen) atoms. The molecule has 3 N–H and O–H groups in total. The number of amides is 3. The summed E-state index contributed by atoms with van der Waals surface area (Å²) in [5.74, 6) is -0.0827. The Hall–Kier alpha value is -1.75. The second-order valence-corrected chi connectivity index (χ2v) is 5.50. The van der Waals surface area contributed by atoms with Gasteiger partial charge in [-0.1, -0.05) is 43.6 Å². The van der Waals surface area contributed by atoms with Gasteiger partial charge in [-0.15, -0.1) is 0 Å². The molecule has 0 aliphatic heterocycles. The highest BCUT2D eigenvalue weighted by Gasteiger charge is 2.11. The fraction of sp³-hybridized carbons (Fsp3) is 0.467. The van der Waals surface area contributed by atoms with E-state index in [-0.39, 0.29) is 23.9 Å². The second-order valence-electron chi connectivity index (χ2n) is 5.09. The van der Waals surface area contributed by atoms with Crippen LogP contribution in [0.5, 0.6) is 0 Å². The lowest BCUT2D eigenvalue weighted by Gasteiger charge is -2.16. The Kier molecular flexibility index (Phi) is 7.02. The van der Waals surface area contributed by atoms with Crippen LogP contribution >= 0.6 is 11.6 Å². The molecule has 1 rings (SSSR count). The van der Waals surface area contributed by atoms with Crippen LogP contribution in [0.15, 0.2) is 24.3 Å². The van der Waals surface area contributed by atoms with Crippen LogP contribution in [-0.4, -0.2) is 25.0 Å². The van der Waals surface area contributed by atoms with E-state index < -0.39 is 0 Å². The molecule has 0 radical (unpaired) electrons. The predicted molar refractivity (Wildman–Crippen MR) is 84.2 cm³/mol. The molecule has 0 saturated carbocycles. The summed E-state index contributed by atoms with van der Waals surface area (Å²) < 4.78 is 0. The maximum absolute atomic E-state index is 11.7. The minimum atomic E-state index is -0.291. The van der Waals surface area contributed by atoms with Gasteiger partial charge in [0.05, 0.1) is 6.04 Å². The van der Waals surface area contributed by atoms with Gasteiger partial charge in [-0.3, -0.25) is 4.79 Å². The summed E-state index contributed by atoms with van der Waals surface area (Å²) in [5.41, 5.74) is 0.863. The van der Waals surface area contributed by atoms with Gasteiger partial charge in [0.2, 0.25) is 5.91 Å². The first-order valence-corrected chi connectivity index (χ1v) is 7.36. The maximum atomic E-state index is 11.7. The number of halogens is 1. The number of carbonyl (C=O) groups excluding carboxylic acids is 2. The van der Waals surface area contributed by atoms with Crippen molar-refractivity contribution < 1.29 is 9.59 Å². The SMILES string of the molecule is CC(C)C(=O)NCCNC(=O)NC(C)c1ccccc1Cl. The van der Waals surface area contributed by atoms with Crippen molar-refractivity contribution >= 4 is 23.5 Å². The lowest BCUT2D eigenvalue weighted by atomic mass is 10.1. The molecule has 3 amide bonds. The van der Waals surface area contributed by atoms with Crippen LogP contribution < -0.4 is 16.0 Å². The molecule has 0 aliphatic rings. The van der Waals surface area contributed by atoms with Crippen LogP contribution in [0.25, 0.3) is 0 Å². The summed E-state index contributed by atoms with van der Waals surface area (Å²) in [4.78, 5) is 23.1. The summed E-state index contributed by atoms with van der Waals surface area (Å²) in [6.07, 6.45) is 0. The Bertz CT molecular complexity index is 492. The van der Waals surface area contributed by atoms with Crippen molar-refractivity contribution in [2.75, 3.05) is 13.1 Å². The Balaban J connectivity index is 2.31. The first-order chi connectivity index (χ1) is 9.91. The summed E-state index contributed by atoms with van der Waals surface area (Å²) in [5, 5.41) is 8.84. The number of urea groups is 1. The minimum absolute atomic E-state index is 0.0263. The van der Waals surface area contributed by atoms with Crippen LogP contribution in [0.2, 0.25) is 5.02 Å². The van der Waals surface area contributed by atoms with Gasteiger partial charge in [0.15, 0.2) is 0 Å². The van der Waals surface area contributed by atoms with E-state index in [1.165, 1.54) is 0 Å². The second kappa shape index (κ2) is 8.52. The third kappa shape index (κ3) is 6.04. The topological polar surface area (TPSA) is 70.2 Å². The average molecular weight is 312 g/mol. The summed E-state index contributed by atoms with van der Waals surface area (Å²) in [6.45, 7) is 6.28. The Labute approximate surface area is 130 Å². The fourth-order valence-corrected chi connectivity index (χ4v) is 2.02. The number of hydrogen-bond donors (Lipinski definition) is 3. The third-order valence-electron chi connectivity index (χ3n) is 2.95. The zero-order valence-corrected chi connectivity index (χ0v) is 13.3. The van der Waals surface area contributed by atoms with E-state index in [1.807, 2.05) is 39.0 Å². The summed E-state index contributed by atoms with van der Waals surface area (Å²) >= 11 is 6.07. The standard InChI is InChI=1S/C15H22ClN3O2/c1-10(2)14(20)17-8-9-18-15(21)19-11(3)12-6-4-5-7-13(12)16/h4-7,10-11H,8-9H2,1-3H3,(H,17,20)(H2,18,19,21). The summed E-state index contributed by atoms with van der Waals surface area (Å²) in [7, 11) is 0. The van der Waals surface area contributed by atoms with Crippen molar-refractivity contribution in [2.24, 2.45) is 5.92 Å². The summed E-state index contributed by atoms with van der Waals surface area (Å²) in [6, 6.07) is 6.89. The molecule has 116 valence electrons. The zero-order valence-electron chi connectivity index (χ0n) is 12.6. The third-order valence-corrected chi connectivity index (χ3v) is 3.30. The number of nitrogens with one attached hydrogen (secondary N) is 3. The van der Waals surface area contributed by atoms with Gasteiger partial charge in [0, 0.05) is 24.0 Å². The largest absolute Gasteiger partial charge is 0.354 e. The Morgan fingerprint density at radius 1 is 1.10 bits per heavy atom. The van der Waals surface area contributed by atoms with Gasteiger partial charge in [-0.2, -0.15) is 0 Å². The van der Waals surface area contributed by atoms with E-state index >= 15 is 0 Å². The van der Waals surface area contributed by atoms with E-state index in [9.17, 15) is 9.59 Å². The van der Waals surface area contributed by atoms with Gasteiger partial charge in [0.25, 0.3) is 0 Å². The van der Waals surface area contributed by atoms with Gasteiger partial charge in [0.1, 0.15) is 0 Å². The van der Waals surface area contributed by atoms with Gasteiger partial charge < -0.3 is 16.0 Å². The highest BCUT2D eigenvalue weighted by molar-refractivity contribution is 6.31. The lowest BCUT2D eigenvalue weighted by molar-refractivity contribution is -0.123. The smallest absolute Gasteiger partial charge is 0.315 e. The highest BCUT2D eigenvalue weighted by Crippen LogP contribution is 2.21. The quantitative estimate of drug-likeness (QED) is 0.706. The normalized spacial score (nSPS) is 11.9. The average Bonchev–Trinajstić information content (AvgIpc) is 2.43. The molecule has 5 nitrogen and oxygen atoms in total. The van der Waals surface area contributed by atoms with Gasteiger partial charge in [-0.05, 0) is 18.6 Å². The van der Waals surface area contributed by atoms with Crippen LogP contribution in [0, 0.1) is 5.92 Å². The first-order valence-electron chi connectivity index (χ1n) is 6.98. The van der Waals surface area contributed by atoms with Crippen molar-refractivity contribution in [3.05, 3.63) is 34.9 Å². The number of rotatable bonds is 6. The monoisotopic (exact) mass is 311 g/mol. The minimum Gasteiger partial charge on any atom is -0.354 e. The van der Waals surface area contributed by atoms with E-state index in [1.54, 1.807) is 6.07 Å². The van der Waals surface area contributed by atoms with Crippen molar-refractivity contribution in [3.63, 3.8) is 0 Å². The fourth-order valence-electron chi connectivity index (χ4n) is 1.72. The maximum Gasteiger partial charge on any atom is 0.315 e. The Morgan fingerprint density at radius 3 is 2.33 bits per heavy atom. The number of benzene rings is 1. The molecule has 0 saturated heterocycles. The molecule has 0 aromatic heterocycles.